The van der Waals surface area contributed by atoms with Crippen molar-refractivity contribution in [3.05, 3.63) is 11.8 Å². The lowest BCUT2D eigenvalue weighted by molar-refractivity contribution is 0.439. The molecule has 0 aliphatic heterocycles. The maximum Gasteiger partial charge on any atom is 0.224 e. The zero-order valence-corrected chi connectivity index (χ0v) is 11.0. The number of aromatic nitrogens is 2. The van der Waals surface area contributed by atoms with Crippen LogP contribution in [0.25, 0.3) is 0 Å². The largest absolute Gasteiger partial charge is 0.370 e. The molecule has 1 aromatic rings. The van der Waals surface area contributed by atoms with Gasteiger partial charge in [-0.1, -0.05) is 19.8 Å². The second-order valence-electron chi connectivity index (χ2n) is 5.02. The highest BCUT2D eigenvalue weighted by Crippen LogP contribution is 2.31. The second-order valence-corrected chi connectivity index (χ2v) is 5.02. The van der Waals surface area contributed by atoms with Crippen LogP contribution in [0.3, 0.4) is 0 Å². The van der Waals surface area contributed by atoms with E-state index in [1.54, 1.807) is 0 Å². The highest BCUT2D eigenvalue weighted by molar-refractivity contribution is 5.41. The highest BCUT2D eigenvalue weighted by atomic mass is 15.1. The van der Waals surface area contributed by atoms with Crippen LogP contribution in [0, 0.1) is 18.8 Å². The predicted octanol–water partition coefficient (Wildman–Crippen LogP) is 2.67. The van der Waals surface area contributed by atoms with Gasteiger partial charge in [0.15, 0.2) is 0 Å². The number of hydrogen-bond acceptors (Lipinski definition) is 4. The minimum Gasteiger partial charge on any atom is -0.370 e. The predicted molar refractivity (Wildman–Crippen MR) is 71.3 cm³/mol. The maximum atomic E-state index is 4.40. The van der Waals surface area contributed by atoms with E-state index in [0.29, 0.717) is 5.95 Å². The molecule has 0 radical (unpaired) electrons. The van der Waals surface area contributed by atoms with Gasteiger partial charge in [0.2, 0.25) is 5.95 Å². The first-order chi connectivity index (χ1) is 8.19. The minimum absolute atomic E-state index is 0.687. The summed E-state index contributed by atoms with van der Waals surface area (Å²) in [4.78, 5) is 8.69. The molecule has 17 heavy (non-hydrogen) atoms. The van der Waals surface area contributed by atoms with Crippen LogP contribution in [0.4, 0.5) is 11.8 Å². The van der Waals surface area contributed by atoms with Crippen molar-refractivity contribution in [2.24, 2.45) is 11.8 Å². The molecule has 0 spiro atoms. The van der Waals surface area contributed by atoms with E-state index in [9.17, 15) is 0 Å². The van der Waals surface area contributed by atoms with E-state index in [1.165, 1.54) is 19.3 Å². The molecule has 0 saturated heterocycles. The van der Waals surface area contributed by atoms with Crippen LogP contribution in [0.2, 0.25) is 0 Å². The summed E-state index contributed by atoms with van der Waals surface area (Å²) in [6.07, 6.45) is 4.09. The molecule has 0 amide bonds. The Bertz CT molecular complexity index is 378. The van der Waals surface area contributed by atoms with Crippen molar-refractivity contribution in [3.8, 4) is 0 Å². The third-order valence-corrected chi connectivity index (χ3v) is 3.66. The molecule has 4 heteroatoms. The summed E-state index contributed by atoms with van der Waals surface area (Å²) in [7, 11) is 1.84. The standard InChI is InChI=1S/C13H22N4/c1-9-5-4-6-11(9)8-15-12-7-10(2)16-13(14-3)17-12/h7,9,11H,4-6,8H2,1-3H3,(H2,14,15,16,17). The molecular formula is C13H22N4. The number of anilines is 2. The Morgan fingerprint density at radius 1 is 1.35 bits per heavy atom. The fourth-order valence-electron chi connectivity index (χ4n) is 2.53. The average Bonchev–Trinajstić information content (AvgIpc) is 2.71. The van der Waals surface area contributed by atoms with Crippen molar-refractivity contribution in [1.29, 1.82) is 0 Å². The lowest BCUT2D eigenvalue weighted by Gasteiger charge is -2.16. The van der Waals surface area contributed by atoms with Gasteiger partial charge in [-0.15, -0.1) is 0 Å². The normalized spacial score (nSPS) is 23.7. The lowest BCUT2D eigenvalue weighted by Crippen LogP contribution is -2.17. The molecule has 2 atom stereocenters. The molecule has 1 heterocycles. The molecule has 94 valence electrons. The summed E-state index contributed by atoms with van der Waals surface area (Å²) in [6, 6.07) is 2.00. The van der Waals surface area contributed by atoms with Gasteiger partial charge in [-0.05, 0) is 25.2 Å². The van der Waals surface area contributed by atoms with Gasteiger partial charge in [0.1, 0.15) is 5.82 Å². The first kappa shape index (κ1) is 12.1. The summed E-state index contributed by atoms with van der Waals surface area (Å²) in [5.74, 6) is 3.26. The molecule has 2 N–H and O–H groups in total. The molecule has 0 aromatic carbocycles. The van der Waals surface area contributed by atoms with Crippen LogP contribution in [-0.4, -0.2) is 23.6 Å². The van der Waals surface area contributed by atoms with Gasteiger partial charge in [0, 0.05) is 25.4 Å². The van der Waals surface area contributed by atoms with Gasteiger partial charge in [0.25, 0.3) is 0 Å². The van der Waals surface area contributed by atoms with Gasteiger partial charge >= 0.3 is 0 Å². The number of rotatable bonds is 4. The SMILES string of the molecule is CNc1nc(C)cc(NCC2CCCC2C)n1. The average molecular weight is 234 g/mol. The Morgan fingerprint density at radius 2 is 2.18 bits per heavy atom. The van der Waals surface area contributed by atoms with Crippen molar-refractivity contribution in [1.82, 2.24) is 9.97 Å². The third kappa shape index (κ3) is 3.08. The molecule has 1 aromatic heterocycles. The fourth-order valence-corrected chi connectivity index (χ4v) is 2.53. The Labute approximate surface area is 103 Å². The number of nitrogens with zero attached hydrogens (tertiary/aromatic N) is 2. The minimum atomic E-state index is 0.687. The Kier molecular flexibility index (Phi) is 3.82. The van der Waals surface area contributed by atoms with E-state index < -0.39 is 0 Å². The summed E-state index contributed by atoms with van der Waals surface area (Å²) in [6.45, 7) is 5.37. The summed E-state index contributed by atoms with van der Waals surface area (Å²) >= 11 is 0. The van der Waals surface area contributed by atoms with E-state index >= 15 is 0 Å². The van der Waals surface area contributed by atoms with Crippen molar-refractivity contribution in [2.75, 3.05) is 24.2 Å². The third-order valence-electron chi connectivity index (χ3n) is 3.66. The quantitative estimate of drug-likeness (QED) is 0.841. The smallest absolute Gasteiger partial charge is 0.224 e. The summed E-state index contributed by atoms with van der Waals surface area (Å²) in [5.41, 5.74) is 0.992. The number of aryl methyl sites for hydroxylation is 1. The monoisotopic (exact) mass is 234 g/mol. The summed E-state index contributed by atoms with van der Waals surface area (Å²) < 4.78 is 0. The van der Waals surface area contributed by atoms with Crippen molar-refractivity contribution < 1.29 is 0 Å². The molecule has 4 nitrogen and oxygen atoms in total. The van der Waals surface area contributed by atoms with E-state index in [0.717, 1.165) is 29.9 Å². The Balaban J connectivity index is 1.96. The number of nitrogens with one attached hydrogen (secondary N) is 2. The zero-order chi connectivity index (χ0) is 12.3. The fraction of sp³-hybridized carbons (Fsp3) is 0.692. The van der Waals surface area contributed by atoms with E-state index in [4.69, 9.17) is 0 Å². The summed E-state index contributed by atoms with van der Waals surface area (Å²) in [5, 5.41) is 6.42. The molecule has 1 saturated carbocycles. The molecule has 1 aliphatic rings. The highest BCUT2D eigenvalue weighted by Gasteiger charge is 2.22. The van der Waals surface area contributed by atoms with E-state index in [-0.39, 0.29) is 0 Å². The maximum absolute atomic E-state index is 4.40. The van der Waals surface area contributed by atoms with Gasteiger partial charge in [-0.2, -0.15) is 4.98 Å². The number of hydrogen-bond donors (Lipinski definition) is 2. The van der Waals surface area contributed by atoms with Crippen LogP contribution in [-0.2, 0) is 0 Å². The van der Waals surface area contributed by atoms with Crippen LogP contribution < -0.4 is 10.6 Å². The first-order valence-corrected chi connectivity index (χ1v) is 6.46. The molecule has 2 rings (SSSR count). The first-order valence-electron chi connectivity index (χ1n) is 6.46. The van der Waals surface area contributed by atoms with Crippen LogP contribution >= 0.6 is 0 Å². The van der Waals surface area contributed by atoms with Crippen molar-refractivity contribution >= 4 is 11.8 Å². The topological polar surface area (TPSA) is 49.8 Å². The zero-order valence-electron chi connectivity index (χ0n) is 11.0. The van der Waals surface area contributed by atoms with Gasteiger partial charge < -0.3 is 10.6 Å². The molecule has 1 fully saturated rings. The van der Waals surface area contributed by atoms with Crippen molar-refractivity contribution in [3.63, 3.8) is 0 Å². The van der Waals surface area contributed by atoms with Crippen LogP contribution in [0.15, 0.2) is 6.07 Å². The Hall–Kier alpha value is -1.32. The van der Waals surface area contributed by atoms with Crippen LogP contribution in [0.1, 0.15) is 31.9 Å². The molecule has 0 bridgehead atoms. The van der Waals surface area contributed by atoms with Gasteiger partial charge in [0.05, 0.1) is 0 Å². The van der Waals surface area contributed by atoms with E-state index in [2.05, 4.69) is 27.5 Å². The van der Waals surface area contributed by atoms with Crippen LogP contribution in [0.5, 0.6) is 0 Å². The second kappa shape index (κ2) is 5.34. The van der Waals surface area contributed by atoms with E-state index in [1.807, 2.05) is 20.0 Å². The molecule has 2 unspecified atom stereocenters. The molecular weight excluding hydrogens is 212 g/mol. The van der Waals surface area contributed by atoms with Gasteiger partial charge in [-0.25, -0.2) is 4.98 Å². The Morgan fingerprint density at radius 3 is 2.82 bits per heavy atom. The van der Waals surface area contributed by atoms with Crippen molar-refractivity contribution in [2.45, 2.75) is 33.1 Å². The van der Waals surface area contributed by atoms with Gasteiger partial charge in [-0.3, -0.25) is 0 Å². The lowest BCUT2D eigenvalue weighted by atomic mass is 9.98. The molecule has 1 aliphatic carbocycles.